The standard InChI is InChI=1S/C15H13ClO5/c1-15(6-17)10(11(15)14(19)20)12(18)8-4-7-2-3-21-13(7)9(16)5-8/h2-5,10-11,17H,6H2,1H3,(H,19,20). The van der Waals surface area contributed by atoms with E-state index in [2.05, 4.69) is 0 Å². The summed E-state index contributed by atoms with van der Waals surface area (Å²) in [6.07, 6.45) is 1.47. The number of hydrogen-bond donors (Lipinski definition) is 2. The van der Waals surface area contributed by atoms with Gasteiger partial charge in [0.15, 0.2) is 11.4 Å². The van der Waals surface area contributed by atoms with Gasteiger partial charge in [-0.2, -0.15) is 0 Å². The fraction of sp³-hybridized carbons (Fsp3) is 0.333. The van der Waals surface area contributed by atoms with Crippen molar-refractivity contribution in [3.8, 4) is 0 Å². The fourth-order valence-corrected chi connectivity index (χ4v) is 3.27. The zero-order valence-corrected chi connectivity index (χ0v) is 11.9. The summed E-state index contributed by atoms with van der Waals surface area (Å²) in [6, 6.07) is 4.79. The molecule has 1 fully saturated rings. The molecule has 5 nitrogen and oxygen atoms in total. The maximum Gasteiger partial charge on any atom is 0.307 e. The molecule has 1 heterocycles. The molecule has 21 heavy (non-hydrogen) atoms. The van der Waals surface area contributed by atoms with E-state index in [-0.39, 0.29) is 12.4 Å². The second-order valence-corrected chi connectivity index (χ2v) is 6.03. The molecule has 2 N–H and O–H groups in total. The van der Waals surface area contributed by atoms with Gasteiger partial charge in [-0.25, -0.2) is 0 Å². The molecule has 0 aliphatic heterocycles. The number of carbonyl (C=O) groups excluding carboxylic acids is 1. The van der Waals surface area contributed by atoms with Crippen molar-refractivity contribution in [2.45, 2.75) is 6.92 Å². The van der Waals surface area contributed by atoms with Crippen LogP contribution >= 0.6 is 11.6 Å². The van der Waals surface area contributed by atoms with Crippen LogP contribution in [0.5, 0.6) is 0 Å². The normalized spacial score (nSPS) is 27.8. The Morgan fingerprint density at radius 1 is 1.38 bits per heavy atom. The number of carboxylic acids is 1. The molecule has 2 aromatic rings. The van der Waals surface area contributed by atoms with Crippen molar-refractivity contribution in [1.82, 2.24) is 0 Å². The van der Waals surface area contributed by atoms with Crippen molar-refractivity contribution in [3.05, 3.63) is 35.0 Å². The lowest BCUT2D eigenvalue weighted by molar-refractivity contribution is -0.139. The van der Waals surface area contributed by atoms with Crippen LogP contribution in [0.4, 0.5) is 0 Å². The van der Waals surface area contributed by atoms with E-state index >= 15 is 0 Å². The molecule has 6 heteroatoms. The Morgan fingerprint density at radius 2 is 2.10 bits per heavy atom. The zero-order chi connectivity index (χ0) is 15.4. The van der Waals surface area contributed by atoms with Crippen molar-refractivity contribution in [2.24, 2.45) is 17.3 Å². The quantitative estimate of drug-likeness (QED) is 0.848. The molecule has 1 aromatic carbocycles. The predicted molar refractivity (Wildman–Crippen MR) is 75.4 cm³/mol. The Morgan fingerprint density at radius 3 is 2.67 bits per heavy atom. The number of rotatable bonds is 4. The molecular weight excluding hydrogens is 296 g/mol. The van der Waals surface area contributed by atoms with Crippen molar-refractivity contribution < 1.29 is 24.2 Å². The van der Waals surface area contributed by atoms with Crippen LogP contribution in [-0.2, 0) is 4.79 Å². The molecule has 1 aliphatic carbocycles. The smallest absolute Gasteiger partial charge is 0.307 e. The third-order valence-corrected chi connectivity index (χ3v) is 4.61. The summed E-state index contributed by atoms with van der Waals surface area (Å²) in [5.74, 6) is -2.99. The number of carbonyl (C=O) groups is 2. The van der Waals surface area contributed by atoms with Gasteiger partial charge in [-0.3, -0.25) is 9.59 Å². The van der Waals surface area contributed by atoms with Crippen molar-refractivity contribution in [3.63, 3.8) is 0 Å². The van der Waals surface area contributed by atoms with Crippen LogP contribution in [0.15, 0.2) is 28.9 Å². The summed E-state index contributed by atoms with van der Waals surface area (Å²) in [6.45, 7) is 1.26. The van der Waals surface area contributed by atoms with Crippen LogP contribution in [0.1, 0.15) is 17.3 Å². The Bertz CT molecular complexity index is 750. The largest absolute Gasteiger partial charge is 0.481 e. The average molecular weight is 309 g/mol. The molecule has 3 rings (SSSR count). The third-order valence-electron chi connectivity index (χ3n) is 4.32. The van der Waals surface area contributed by atoms with Crippen LogP contribution in [0, 0.1) is 17.3 Å². The summed E-state index contributed by atoms with van der Waals surface area (Å²) >= 11 is 6.06. The topological polar surface area (TPSA) is 87.7 Å². The second-order valence-electron chi connectivity index (χ2n) is 5.62. The van der Waals surface area contributed by atoms with E-state index in [0.29, 0.717) is 21.6 Å². The summed E-state index contributed by atoms with van der Waals surface area (Å²) in [5.41, 5.74) is -0.0909. The third kappa shape index (κ3) is 1.96. The average Bonchev–Trinajstić information content (AvgIpc) is 2.81. The molecule has 3 unspecified atom stereocenters. The van der Waals surface area contributed by atoms with Crippen LogP contribution in [-0.4, -0.2) is 28.6 Å². The van der Waals surface area contributed by atoms with Crippen LogP contribution in [0.2, 0.25) is 5.02 Å². The van der Waals surface area contributed by atoms with Gasteiger partial charge >= 0.3 is 5.97 Å². The van der Waals surface area contributed by atoms with Gasteiger partial charge in [0.1, 0.15) is 0 Å². The van der Waals surface area contributed by atoms with Gasteiger partial charge in [-0.05, 0) is 18.2 Å². The number of carboxylic acid groups (broad SMARTS) is 1. The Labute approximate surface area is 125 Å². The Kier molecular flexibility index (Phi) is 3.07. The number of hydrogen-bond acceptors (Lipinski definition) is 4. The number of aliphatic hydroxyl groups is 1. The van der Waals surface area contributed by atoms with E-state index < -0.39 is 23.2 Å². The van der Waals surface area contributed by atoms with Gasteiger partial charge in [0.2, 0.25) is 0 Å². The Hall–Kier alpha value is -1.85. The van der Waals surface area contributed by atoms with Gasteiger partial charge in [-0.1, -0.05) is 18.5 Å². The summed E-state index contributed by atoms with van der Waals surface area (Å²) in [7, 11) is 0. The van der Waals surface area contributed by atoms with Crippen molar-refractivity contribution >= 4 is 34.3 Å². The second kappa shape index (κ2) is 4.58. The summed E-state index contributed by atoms with van der Waals surface area (Å²) < 4.78 is 5.20. The molecule has 0 bridgehead atoms. The molecule has 110 valence electrons. The molecule has 0 amide bonds. The zero-order valence-electron chi connectivity index (χ0n) is 11.2. The van der Waals surface area contributed by atoms with E-state index in [1.165, 1.54) is 12.3 Å². The maximum absolute atomic E-state index is 12.6. The molecule has 3 atom stereocenters. The minimum absolute atomic E-state index is 0.305. The van der Waals surface area contributed by atoms with Crippen LogP contribution < -0.4 is 0 Å². The maximum atomic E-state index is 12.6. The first kappa shape index (κ1) is 14.1. The summed E-state index contributed by atoms with van der Waals surface area (Å²) in [4.78, 5) is 23.8. The van der Waals surface area contributed by atoms with E-state index in [4.69, 9.17) is 16.0 Å². The number of aliphatic hydroxyl groups excluding tert-OH is 1. The van der Waals surface area contributed by atoms with Crippen molar-refractivity contribution in [2.75, 3.05) is 6.61 Å². The number of benzene rings is 1. The molecule has 0 saturated heterocycles. The number of furan rings is 1. The predicted octanol–water partition coefficient (Wildman–Crippen LogP) is 2.60. The monoisotopic (exact) mass is 308 g/mol. The minimum atomic E-state index is -1.07. The van der Waals surface area contributed by atoms with Gasteiger partial charge in [-0.15, -0.1) is 0 Å². The first-order valence-electron chi connectivity index (χ1n) is 6.45. The fourth-order valence-electron chi connectivity index (χ4n) is 3.00. The molecule has 1 aromatic heterocycles. The minimum Gasteiger partial charge on any atom is -0.481 e. The van der Waals surface area contributed by atoms with Crippen LogP contribution in [0.3, 0.4) is 0 Å². The molecule has 0 spiro atoms. The van der Waals surface area contributed by atoms with E-state index in [9.17, 15) is 19.8 Å². The first-order valence-corrected chi connectivity index (χ1v) is 6.82. The molecule has 1 saturated carbocycles. The van der Waals surface area contributed by atoms with Crippen LogP contribution in [0.25, 0.3) is 11.0 Å². The molecule has 0 radical (unpaired) electrons. The SMILES string of the molecule is CC1(CO)C(C(=O)O)C1C(=O)c1cc(Cl)c2occc2c1. The lowest BCUT2D eigenvalue weighted by atomic mass is 9.99. The Balaban J connectivity index is 2.00. The number of ketones is 1. The lowest BCUT2D eigenvalue weighted by Crippen LogP contribution is -2.12. The van der Waals surface area contributed by atoms with Gasteiger partial charge in [0.25, 0.3) is 0 Å². The highest BCUT2D eigenvalue weighted by atomic mass is 35.5. The number of fused-ring (bicyclic) bond motifs is 1. The molecule has 1 aliphatic rings. The summed E-state index contributed by atoms with van der Waals surface area (Å²) in [5, 5.41) is 19.6. The van der Waals surface area contributed by atoms with Crippen molar-refractivity contribution in [1.29, 1.82) is 0 Å². The van der Waals surface area contributed by atoms with E-state index in [1.807, 2.05) is 0 Å². The van der Waals surface area contributed by atoms with Gasteiger partial charge < -0.3 is 14.6 Å². The van der Waals surface area contributed by atoms with E-state index in [1.54, 1.807) is 19.1 Å². The van der Waals surface area contributed by atoms with E-state index in [0.717, 1.165) is 0 Å². The number of Topliss-reactive ketones (excluding diaryl/α,β-unsaturated/α-hetero) is 1. The molecular formula is C15H13ClO5. The first-order chi connectivity index (χ1) is 9.90. The highest BCUT2D eigenvalue weighted by Gasteiger charge is 2.68. The highest BCUT2D eigenvalue weighted by Crippen LogP contribution is 2.59. The number of halogens is 1. The highest BCUT2D eigenvalue weighted by molar-refractivity contribution is 6.35. The van der Waals surface area contributed by atoms with Gasteiger partial charge in [0.05, 0.1) is 23.8 Å². The number of aliphatic carboxylic acids is 1. The lowest BCUT2D eigenvalue weighted by Gasteiger charge is -2.06. The van der Waals surface area contributed by atoms with Gasteiger partial charge in [0, 0.05) is 22.3 Å².